The van der Waals surface area contributed by atoms with E-state index in [-0.39, 0.29) is 10.9 Å². The van der Waals surface area contributed by atoms with E-state index in [2.05, 4.69) is 10.2 Å². The van der Waals surface area contributed by atoms with E-state index in [0.717, 1.165) is 10.5 Å². The summed E-state index contributed by atoms with van der Waals surface area (Å²) in [6, 6.07) is -0.383. The lowest BCUT2D eigenvalue weighted by molar-refractivity contribution is -0.137. The average Bonchev–Trinajstić information content (AvgIpc) is 2.78. The molecule has 0 amide bonds. The normalized spacial score (nSPS) is 13.8. The molecular weight excluding hydrogens is 246 g/mol. The molecule has 1 aromatic rings. The van der Waals surface area contributed by atoms with E-state index in [1.54, 1.807) is 13.8 Å². The van der Waals surface area contributed by atoms with Crippen LogP contribution in [0.1, 0.15) is 20.3 Å². The van der Waals surface area contributed by atoms with Gasteiger partial charge >= 0.3 is 5.97 Å². The molecule has 0 aliphatic rings. The molecule has 2 N–H and O–H groups in total. The number of carbonyl (C=O) groups is 1. The molecule has 7 nitrogen and oxygen atoms in total. The van der Waals surface area contributed by atoms with Gasteiger partial charge in [0.05, 0.1) is 6.20 Å². The first-order valence-electron chi connectivity index (χ1n) is 5.12. The van der Waals surface area contributed by atoms with Gasteiger partial charge in [-0.2, -0.15) is 9.40 Å². The molecule has 0 saturated heterocycles. The van der Waals surface area contributed by atoms with E-state index in [4.69, 9.17) is 5.11 Å². The lowest BCUT2D eigenvalue weighted by atomic mass is 10.2. The highest BCUT2D eigenvalue weighted by molar-refractivity contribution is 7.89. The topological polar surface area (TPSA) is 103 Å². The van der Waals surface area contributed by atoms with Crippen LogP contribution in [0.4, 0.5) is 0 Å². The second-order valence-electron chi connectivity index (χ2n) is 3.64. The number of nitrogens with one attached hydrogen (secondary N) is 1. The van der Waals surface area contributed by atoms with Crippen LogP contribution in [-0.4, -0.2) is 46.6 Å². The Morgan fingerprint density at radius 3 is 2.71 bits per heavy atom. The number of nitrogens with zero attached hydrogens (tertiary/aromatic N) is 2. The number of carboxylic acids is 1. The molecular formula is C9H15N3O4S. The molecule has 0 aliphatic heterocycles. The highest BCUT2D eigenvalue weighted by atomic mass is 32.2. The maximum Gasteiger partial charge on any atom is 0.318 e. The summed E-state index contributed by atoms with van der Waals surface area (Å²) in [7, 11) is -3.81. The maximum atomic E-state index is 12.1. The van der Waals surface area contributed by atoms with Crippen molar-refractivity contribution < 1.29 is 18.3 Å². The minimum absolute atomic E-state index is 0.0287. The molecule has 0 bridgehead atoms. The first-order valence-corrected chi connectivity index (χ1v) is 6.56. The Morgan fingerprint density at radius 1 is 1.65 bits per heavy atom. The van der Waals surface area contributed by atoms with Crippen LogP contribution in [0.25, 0.3) is 0 Å². The Hall–Kier alpha value is -1.41. The van der Waals surface area contributed by atoms with Gasteiger partial charge in [-0.25, -0.2) is 8.42 Å². The summed E-state index contributed by atoms with van der Waals surface area (Å²) in [6.07, 6.45) is 2.92. The third-order valence-corrected chi connectivity index (χ3v) is 4.38. The Labute approximate surface area is 99.5 Å². The summed E-state index contributed by atoms with van der Waals surface area (Å²) >= 11 is 0. The van der Waals surface area contributed by atoms with Crippen molar-refractivity contribution >= 4 is 16.0 Å². The zero-order chi connectivity index (χ0) is 13.1. The van der Waals surface area contributed by atoms with E-state index in [1.807, 2.05) is 0 Å². The van der Waals surface area contributed by atoms with E-state index < -0.39 is 22.5 Å². The third kappa shape index (κ3) is 3.04. The first-order chi connectivity index (χ1) is 7.89. The van der Waals surface area contributed by atoms with Crippen molar-refractivity contribution in [2.45, 2.75) is 31.2 Å². The van der Waals surface area contributed by atoms with Gasteiger partial charge in [-0.05, 0) is 13.3 Å². The molecule has 1 aromatic heterocycles. The minimum Gasteiger partial charge on any atom is -0.480 e. The second kappa shape index (κ2) is 5.28. The second-order valence-corrected chi connectivity index (χ2v) is 5.53. The summed E-state index contributed by atoms with van der Waals surface area (Å²) in [4.78, 5) is 10.7. The molecule has 8 heteroatoms. The zero-order valence-corrected chi connectivity index (χ0v) is 10.4. The Morgan fingerprint density at radius 2 is 2.29 bits per heavy atom. The number of rotatable bonds is 6. The van der Waals surface area contributed by atoms with Gasteiger partial charge < -0.3 is 5.11 Å². The van der Waals surface area contributed by atoms with Crippen molar-refractivity contribution in [3.63, 3.8) is 0 Å². The fourth-order valence-electron chi connectivity index (χ4n) is 1.33. The highest BCUT2D eigenvalue weighted by Gasteiger charge is 2.30. The molecule has 0 radical (unpaired) electrons. The lowest BCUT2D eigenvalue weighted by Gasteiger charge is -2.25. The Balaban J connectivity index is 3.09. The maximum absolute atomic E-state index is 12.1. The summed E-state index contributed by atoms with van der Waals surface area (Å²) in [5.41, 5.74) is 0. The van der Waals surface area contributed by atoms with Crippen LogP contribution in [0.15, 0.2) is 17.3 Å². The molecule has 0 fully saturated rings. The van der Waals surface area contributed by atoms with Gasteiger partial charge in [0.1, 0.15) is 11.4 Å². The minimum atomic E-state index is -3.81. The van der Waals surface area contributed by atoms with Crippen molar-refractivity contribution in [2.24, 2.45) is 0 Å². The van der Waals surface area contributed by atoms with Crippen molar-refractivity contribution in [2.75, 3.05) is 6.54 Å². The molecule has 0 saturated carbocycles. The van der Waals surface area contributed by atoms with Crippen molar-refractivity contribution in [1.82, 2.24) is 14.5 Å². The third-order valence-electron chi connectivity index (χ3n) is 2.45. The molecule has 0 spiro atoms. The molecule has 1 rings (SSSR count). The summed E-state index contributed by atoms with van der Waals surface area (Å²) < 4.78 is 25.2. The smallest absolute Gasteiger partial charge is 0.318 e. The number of aromatic nitrogens is 2. The van der Waals surface area contributed by atoms with E-state index in [1.165, 1.54) is 6.20 Å². The number of aromatic amines is 1. The van der Waals surface area contributed by atoms with Crippen molar-refractivity contribution in [3.05, 3.63) is 12.4 Å². The molecule has 0 aromatic carbocycles. The number of sulfonamides is 1. The Kier molecular flexibility index (Phi) is 4.24. The quantitative estimate of drug-likeness (QED) is 0.765. The predicted octanol–water partition coefficient (Wildman–Crippen LogP) is 0.283. The average molecular weight is 261 g/mol. The van der Waals surface area contributed by atoms with Gasteiger partial charge in [0.2, 0.25) is 10.0 Å². The van der Waals surface area contributed by atoms with Crippen LogP contribution in [-0.2, 0) is 14.8 Å². The van der Waals surface area contributed by atoms with Gasteiger partial charge in [-0.15, -0.1) is 0 Å². The van der Waals surface area contributed by atoms with E-state index in [0.29, 0.717) is 6.42 Å². The molecule has 96 valence electrons. The van der Waals surface area contributed by atoms with Crippen LogP contribution in [0.5, 0.6) is 0 Å². The van der Waals surface area contributed by atoms with Gasteiger partial charge in [0, 0.05) is 12.2 Å². The van der Waals surface area contributed by atoms with Crippen molar-refractivity contribution in [3.8, 4) is 0 Å². The summed E-state index contributed by atoms with van der Waals surface area (Å²) in [6.45, 7) is 2.91. The van der Waals surface area contributed by atoms with Gasteiger partial charge in [-0.1, -0.05) is 6.92 Å². The molecule has 17 heavy (non-hydrogen) atoms. The molecule has 1 atom stereocenters. The van der Waals surface area contributed by atoms with Crippen LogP contribution >= 0.6 is 0 Å². The summed E-state index contributed by atoms with van der Waals surface area (Å²) in [5.74, 6) is -1.18. The van der Waals surface area contributed by atoms with Crippen LogP contribution in [0, 0.1) is 0 Å². The number of aliphatic carboxylic acids is 1. The standard InChI is InChI=1S/C9H15N3O4S/c1-3-7(2)12(6-9(13)14)17(15,16)8-4-10-11-5-8/h4-5,7H,3,6H2,1-2H3,(H,10,11)(H,13,14). The fourth-order valence-corrected chi connectivity index (χ4v) is 2.89. The largest absolute Gasteiger partial charge is 0.480 e. The molecule has 0 aliphatic carbocycles. The van der Waals surface area contributed by atoms with Crippen LogP contribution < -0.4 is 0 Å². The summed E-state index contributed by atoms with van der Waals surface area (Å²) in [5, 5.41) is 14.7. The SMILES string of the molecule is CCC(C)N(CC(=O)O)S(=O)(=O)c1cn[nH]c1. The molecule has 1 unspecified atom stereocenters. The van der Waals surface area contributed by atoms with E-state index in [9.17, 15) is 13.2 Å². The van der Waals surface area contributed by atoms with Gasteiger partial charge in [-0.3, -0.25) is 9.89 Å². The lowest BCUT2D eigenvalue weighted by Crippen LogP contribution is -2.41. The predicted molar refractivity (Wildman–Crippen MR) is 59.9 cm³/mol. The van der Waals surface area contributed by atoms with Crippen LogP contribution in [0.3, 0.4) is 0 Å². The van der Waals surface area contributed by atoms with Gasteiger partial charge in [0.15, 0.2) is 0 Å². The number of carboxylic acid groups (broad SMARTS) is 1. The number of H-pyrrole nitrogens is 1. The van der Waals surface area contributed by atoms with E-state index >= 15 is 0 Å². The fraction of sp³-hybridized carbons (Fsp3) is 0.556. The molecule has 1 heterocycles. The highest BCUT2D eigenvalue weighted by Crippen LogP contribution is 2.17. The number of hydrogen-bond acceptors (Lipinski definition) is 4. The van der Waals surface area contributed by atoms with Crippen LogP contribution in [0.2, 0.25) is 0 Å². The first kappa shape index (κ1) is 13.7. The Bertz CT molecular complexity index is 468. The monoisotopic (exact) mass is 261 g/mol. The zero-order valence-electron chi connectivity index (χ0n) is 9.62. The van der Waals surface area contributed by atoms with Crippen molar-refractivity contribution in [1.29, 1.82) is 0 Å². The number of hydrogen-bond donors (Lipinski definition) is 2. The van der Waals surface area contributed by atoms with Gasteiger partial charge in [0.25, 0.3) is 0 Å².